The number of thiophene rings is 1. The van der Waals surface area contributed by atoms with Crippen LogP contribution in [0.1, 0.15) is 44.3 Å². The molecule has 10 nitrogen and oxygen atoms in total. The van der Waals surface area contributed by atoms with Crippen molar-refractivity contribution in [3.8, 4) is 27.3 Å². The van der Waals surface area contributed by atoms with Gasteiger partial charge in [0.1, 0.15) is 12.0 Å². The molecule has 2 unspecified atom stereocenters. The second-order valence-corrected chi connectivity index (χ2v) is 12.6. The number of carbonyl (C=O) groups excluding carboxylic acids is 2. The van der Waals surface area contributed by atoms with Gasteiger partial charge >= 0.3 is 6.16 Å². The lowest BCUT2D eigenvalue weighted by molar-refractivity contribution is -0.0208. The number of aromatic nitrogens is 1. The molecule has 8 rings (SSSR count). The number of hydrogen-bond acceptors (Lipinski definition) is 9. The fraction of sp³-hybridized carbons (Fsp3) is 0.303. The molecule has 2 aliphatic heterocycles. The molecule has 2 aromatic heterocycles. The average molecular weight is 666 g/mol. The van der Waals surface area contributed by atoms with Crippen molar-refractivity contribution >= 4 is 23.4 Å². The van der Waals surface area contributed by atoms with Crippen LogP contribution in [0.25, 0.3) is 21.6 Å². The van der Waals surface area contributed by atoms with Crippen molar-refractivity contribution in [1.82, 2.24) is 9.58 Å². The van der Waals surface area contributed by atoms with Crippen molar-refractivity contribution in [1.29, 1.82) is 0 Å². The maximum absolute atomic E-state index is 15.7. The Bertz CT molecular complexity index is 2060. The molecule has 0 bridgehead atoms. The highest BCUT2D eigenvalue weighted by Gasteiger charge is 2.50. The Balaban J connectivity index is 1.41. The van der Waals surface area contributed by atoms with Gasteiger partial charge in [0.2, 0.25) is 18.0 Å². The Morgan fingerprint density at radius 1 is 1.13 bits per heavy atom. The Hall–Kier alpha value is -4.82. The smallest absolute Gasteiger partial charge is 0.451 e. The molecule has 2 atom stereocenters. The van der Waals surface area contributed by atoms with Crippen molar-refractivity contribution in [3.05, 3.63) is 97.5 Å². The quantitative estimate of drug-likeness (QED) is 0.214. The number of hydrogen-bond donors (Lipinski definition) is 0. The van der Waals surface area contributed by atoms with Gasteiger partial charge in [-0.1, -0.05) is 29.8 Å². The van der Waals surface area contributed by atoms with Crippen LogP contribution in [0.5, 0.6) is 5.75 Å². The van der Waals surface area contributed by atoms with Crippen LogP contribution >= 0.6 is 11.3 Å². The number of aryl methyl sites for hydroxylation is 1. The number of nitrogens with zero attached hydrogens (tertiary/aromatic N) is 3. The van der Waals surface area contributed by atoms with E-state index in [9.17, 15) is 14.4 Å². The number of amides is 1. The Morgan fingerprint density at radius 2 is 1.94 bits per heavy atom. The van der Waals surface area contributed by atoms with E-state index in [1.165, 1.54) is 39.7 Å². The monoisotopic (exact) mass is 665 g/mol. The zero-order chi connectivity index (χ0) is 32.8. The number of fused-ring (bicyclic) bond motifs is 4. The molecule has 0 radical (unpaired) electrons. The van der Waals surface area contributed by atoms with Gasteiger partial charge in [-0.05, 0) is 35.2 Å². The van der Waals surface area contributed by atoms with Gasteiger partial charge in [-0.2, -0.15) is 0 Å². The van der Waals surface area contributed by atoms with E-state index in [2.05, 4.69) is 4.74 Å². The van der Waals surface area contributed by atoms with Gasteiger partial charge in [0, 0.05) is 52.2 Å². The minimum Gasteiger partial charge on any atom is -0.451 e. The van der Waals surface area contributed by atoms with E-state index in [0.717, 1.165) is 18.2 Å². The molecule has 4 aromatic rings. The standard InChI is InChI=1S/C33H26F3N3O7S/c1-16-3-4-17-19(11-16)30-26-21(14-47-30)33(35,36)12-20-22(34)6-5-18(25(20)26)27(17)39-24-13-44-10-9-37(24)31(41)28-29(23(40)7-8-38(28)39)45-15-46-32(42)43-2/h3-8,11,14,24,27H,9-10,12-13,15H2,1-2H3. The van der Waals surface area contributed by atoms with Gasteiger partial charge < -0.3 is 23.8 Å². The first-order chi connectivity index (χ1) is 22.6. The van der Waals surface area contributed by atoms with E-state index >= 15 is 13.2 Å². The molecule has 4 heterocycles. The van der Waals surface area contributed by atoms with Gasteiger partial charge in [-0.3, -0.25) is 19.3 Å². The highest BCUT2D eigenvalue weighted by atomic mass is 32.1. The maximum Gasteiger partial charge on any atom is 0.510 e. The molecular formula is C33H26F3N3O7S. The van der Waals surface area contributed by atoms with E-state index in [4.69, 9.17) is 14.2 Å². The summed E-state index contributed by atoms with van der Waals surface area (Å²) in [5, 5.41) is 3.32. The number of alkyl halides is 2. The predicted molar refractivity (Wildman–Crippen MR) is 163 cm³/mol. The molecule has 242 valence electrons. The molecule has 0 N–H and O–H groups in total. The van der Waals surface area contributed by atoms with Gasteiger partial charge in [0.15, 0.2) is 5.69 Å². The Morgan fingerprint density at radius 3 is 2.74 bits per heavy atom. The summed E-state index contributed by atoms with van der Waals surface area (Å²) in [4.78, 5) is 41.0. The minimum atomic E-state index is -3.28. The third-order valence-electron chi connectivity index (χ3n) is 9.13. The molecule has 1 fully saturated rings. The molecule has 1 saturated heterocycles. The number of benzene rings is 2. The minimum absolute atomic E-state index is 0.0804. The topological polar surface area (TPSA) is 99.5 Å². The van der Waals surface area contributed by atoms with Crippen LogP contribution in [0.3, 0.4) is 0 Å². The van der Waals surface area contributed by atoms with E-state index in [1.54, 1.807) is 11.0 Å². The Kier molecular flexibility index (Phi) is 6.67. The number of pyridine rings is 1. The van der Waals surface area contributed by atoms with E-state index < -0.39 is 54.7 Å². The van der Waals surface area contributed by atoms with Gasteiger partial charge in [0.25, 0.3) is 11.8 Å². The SMILES string of the molecule is COC(=O)OCOc1c2n(ccc1=O)N(C1c3ccc(C)cc3-c3scc4c3-c3c1ccc(F)c3CC4(F)F)C1COCCN1C2=O. The number of ether oxygens (including phenoxy) is 4. The largest absolute Gasteiger partial charge is 0.510 e. The second kappa shape index (κ2) is 10.6. The van der Waals surface area contributed by atoms with Crippen LogP contribution in [0.15, 0.2) is 52.8 Å². The normalized spacial score (nSPS) is 20.0. The fourth-order valence-corrected chi connectivity index (χ4v) is 8.30. The lowest BCUT2D eigenvalue weighted by Gasteiger charge is -2.51. The number of halogens is 3. The summed E-state index contributed by atoms with van der Waals surface area (Å²) in [5.74, 6) is -4.87. The van der Waals surface area contributed by atoms with Crippen LogP contribution in [-0.4, -0.2) is 61.5 Å². The van der Waals surface area contributed by atoms with E-state index in [0.29, 0.717) is 27.1 Å². The molecule has 14 heteroatoms. The average Bonchev–Trinajstić information content (AvgIpc) is 3.47. The number of rotatable bonds is 4. The van der Waals surface area contributed by atoms with Crippen molar-refractivity contribution in [2.75, 3.05) is 38.7 Å². The summed E-state index contributed by atoms with van der Waals surface area (Å²) in [6.45, 7) is 1.71. The number of carbonyl (C=O) groups is 2. The molecule has 2 aromatic carbocycles. The van der Waals surface area contributed by atoms with E-state index in [1.807, 2.05) is 30.1 Å². The third-order valence-corrected chi connectivity index (χ3v) is 10.1. The van der Waals surface area contributed by atoms with Crippen molar-refractivity contribution < 1.29 is 41.7 Å². The molecule has 1 amide bonds. The first-order valence-electron chi connectivity index (χ1n) is 14.8. The number of morpholine rings is 1. The first kappa shape index (κ1) is 29.6. The van der Waals surface area contributed by atoms with E-state index in [-0.39, 0.29) is 42.3 Å². The van der Waals surface area contributed by atoms with Gasteiger partial charge in [0.05, 0.1) is 26.4 Å². The molecule has 47 heavy (non-hydrogen) atoms. The highest BCUT2D eigenvalue weighted by molar-refractivity contribution is 7.14. The highest BCUT2D eigenvalue weighted by Crippen LogP contribution is 2.58. The van der Waals surface area contributed by atoms with Crippen LogP contribution < -0.4 is 15.2 Å². The summed E-state index contributed by atoms with van der Waals surface area (Å²) in [6, 6.07) is 9.03. The molecule has 0 spiro atoms. The Labute approximate surface area is 269 Å². The predicted octanol–water partition coefficient (Wildman–Crippen LogP) is 5.31. The third kappa shape index (κ3) is 4.30. The van der Waals surface area contributed by atoms with Crippen molar-refractivity contribution in [2.45, 2.75) is 31.5 Å². The van der Waals surface area contributed by atoms with Crippen molar-refractivity contribution in [2.24, 2.45) is 0 Å². The number of methoxy groups -OCH3 is 1. The maximum atomic E-state index is 15.7. The summed E-state index contributed by atoms with van der Waals surface area (Å²) < 4.78 is 69.2. The fourth-order valence-electron chi connectivity index (χ4n) is 7.14. The van der Waals surface area contributed by atoms with Gasteiger partial charge in [-0.25, -0.2) is 18.0 Å². The van der Waals surface area contributed by atoms with Gasteiger partial charge in [-0.15, -0.1) is 11.3 Å². The summed E-state index contributed by atoms with van der Waals surface area (Å²) in [7, 11) is 1.12. The molecule has 2 aliphatic carbocycles. The summed E-state index contributed by atoms with van der Waals surface area (Å²) in [5.41, 5.74) is 2.60. The lowest BCUT2D eigenvalue weighted by Crippen LogP contribution is -2.66. The summed E-state index contributed by atoms with van der Waals surface area (Å²) in [6.07, 6.45) is -1.11. The molecule has 4 aliphatic rings. The summed E-state index contributed by atoms with van der Waals surface area (Å²) >= 11 is 1.19. The molecule has 0 saturated carbocycles. The van der Waals surface area contributed by atoms with Crippen LogP contribution in [0, 0.1) is 12.7 Å². The zero-order valence-corrected chi connectivity index (χ0v) is 25.9. The van der Waals surface area contributed by atoms with Crippen molar-refractivity contribution in [3.63, 3.8) is 0 Å². The first-order valence-corrected chi connectivity index (χ1v) is 15.7. The van der Waals surface area contributed by atoms with Crippen LogP contribution in [0.2, 0.25) is 0 Å². The molecular weight excluding hydrogens is 639 g/mol. The second-order valence-electron chi connectivity index (χ2n) is 11.7. The van der Waals surface area contributed by atoms with Crippen LogP contribution in [-0.2, 0) is 26.6 Å². The zero-order valence-electron chi connectivity index (χ0n) is 25.1. The lowest BCUT2D eigenvalue weighted by atomic mass is 9.80. The van der Waals surface area contributed by atoms with Crippen LogP contribution in [0.4, 0.5) is 18.0 Å².